The Morgan fingerprint density at radius 3 is 2.75 bits per heavy atom. The number of nitrogens with two attached hydrogens (primary N) is 1. The van der Waals surface area contributed by atoms with Crippen LogP contribution in [0.4, 0.5) is 15.8 Å². The summed E-state index contributed by atoms with van der Waals surface area (Å²) >= 11 is 0. The minimum atomic E-state index is -0.710. The highest BCUT2D eigenvalue weighted by Crippen LogP contribution is 2.23. The molecule has 0 saturated carbocycles. The van der Waals surface area contributed by atoms with Gasteiger partial charge in [-0.2, -0.15) is 0 Å². The van der Waals surface area contributed by atoms with Crippen LogP contribution < -0.4 is 11.3 Å². The van der Waals surface area contributed by atoms with Crippen LogP contribution in [-0.4, -0.2) is 4.92 Å². The van der Waals surface area contributed by atoms with Crippen molar-refractivity contribution >= 4 is 11.4 Å². The van der Waals surface area contributed by atoms with Gasteiger partial charge < -0.3 is 5.43 Å². The zero-order valence-electron chi connectivity index (χ0n) is 5.95. The Morgan fingerprint density at radius 1 is 1.58 bits per heavy atom. The first-order valence-corrected chi connectivity index (χ1v) is 3.05. The Kier molecular flexibility index (Phi) is 2.20. The quantitative estimate of drug-likeness (QED) is 0.395. The molecule has 5 nitrogen and oxygen atoms in total. The zero-order valence-corrected chi connectivity index (χ0v) is 5.95. The zero-order chi connectivity index (χ0) is 9.14. The predicted molar refractivity (Wildman–Crippen MR) is 40.9 cm³/mol. The molecule has 1 aromatic rings. The molecule has 0 aromatic heterocycles. The Morgan fingerprint density at radius 2 is 2.25 bits per heavy atom. The van der Waals surface area contributed by atoms with Crippen molar-refractivity contribution in [2.45, 2.75) is 0 Å². The normalized spacial score (nSPS) is 9.50. The second-order valence-corrected chi connectivity index (χ2v) is 2.06. The summed E-state index contributed by atoms with van der Waals surface area (Å²) in [6.45, 7) is 0. The molecule has 0 bridgehead atoms. The summed E-state index contributed by atoms with van der Waals surface area (Å²) in [4.78, 5) is 9.57. The lowest BCUT2D eigenvalue weighted by atomic mass is 10.2. The minimum Gasteiger partial charge on any atom is -0.318 e. The maximum atomic E-state index is 12.5. The summed E-state index contributed by atoms with van der Waals surface area (Å²) in [6, 6.07) is 3.09. The Bertz CT molecular complexity index is 316. The number of halogens is 1. The van der Waals surface area contributed by atoms with Crippen molar-refractivity contribution < 1.29 is 9.31 Å². The maximum absolute atomic E-state index is 12.5. The average molecular weight is 171 g/mol. The lowest BCUT2D eigenvalue weighted by molar-refractivity contribution is -0.384. The number of anilines is 1. The van der Waals surface area contributed by atoms with Crippen LogP contribution in [0.1, 0.15) is 0 Å². The molecule has 1 rings (SSSR count). The summed E-state index contributed by atoms with van der Waals surface area (Å²) in [7, 11) is 0. The predicted octanol–water partition coefficient (Wildman–Crippen LogP) is 1.02. The van der Waals surface area contributed by atoms with Crippen LogP contribution >= 0.6 is 0 Å². The van der Waals surface area contributed by atoms with Gasteiger partial charge in [0.15, 0.2) is 0 Å². The second kappa shape index (κ2) is 3.14. The first kappa shape index (κ1) is 8.41. The third-order valence-corrected chi connectivity index (χ3v) is 1.31. The summed E-state index contributed by atoms with van der Waals surface area (Å²) in [5.74, 6) is 4.30. The van der Waals surface area contributed by atoms with E-state index >= 15 is 0 Å². The molecule has 0 aliphatic carbocycles. The molecule has 1 aromatic carbocycles. The largest absolute Gasteiger partial charge is 0.318 e. The molecule has 0 aliphatic rings. The van der Waals surface area contributed by atoms with Crippen LogP contribution in [0.5, 0.6) is 0 Å². The molecular weight excluding hydrogens is 165 g/mol. The summed E-state index contributed by atoms with van der Waals surface area (Å²) in [6.07, 6.45) is 0. The monoisotopic (exact) mass is 171 g/mol. The number of hydrazine groups is 1. The number of nitro groups is 1. The molecule has 0 unspecified atom stereocenters. The molecule has 0 spiro atoms. The van der Waals surface area contributed by atoms with Gasteiger partial charge in [-0.3, -0.25) is 16.0 Å². The molecule has 6 heteroatoms. The molecule has 3 N–H and O–H groups in total. The first-order chi connectivity index (χ1) is 5.65. The number of nitrogens with zero attached hydrogens (tertiary/aromatic N) is 1. The molecular formula is C6H6FN3O2. The summed E-state index contributed by atoms with van der Waals surface area (Å²) < 4.78 is 12.5. The van der Waals surface area contributed by atoms with Crippen LogP contribution in [0.3, 0.4) is 0 Å². The van der Waals surface area contributed by atoms with E-state index < -0.39 is 10.7 Å². The molecule has 12 heavy (non-hydrogen) atoms. The van der Waals surface area contributed by atoms with E-state index in [1.54, 1.807) is 0 Å². The van der Waals surface area contributed by atoms with E-state index in [1.807, 2.05) is 0 Å². The Labute approximate surface area is 67.1 Å². The van der Waals surface area contributed by atoms with Gasteiger partial charge in [0.2, 0.25) is 0 Å². The SMILES string of the molecule is NNc1ccc(F)cc1[N+](=O)[O-]. The fourth-order valence-electron chi connectivity index (χ4n) is 0.778. The van der Waals surface area contributed by atoms with E-state index in [0.29, 0.717) is 0 Å². The number of hydrogen-bond acceptors (Lipinski definition) is 4. The third kappa shape index (κ3) is 1.48. The molecule has 0 radical (unpaired) electrons. The molecule has 0 amide bonds. The number of rotatable bonds is 2. The van der Waals surface area contributed by atoms with Crippen molar-refractivity contribution in [2.75, 3.05) is 5.43 Å². The van der Waals surface area contributed by atoms with Gasteiger partial charge in [0.05, 0.1) is 11.0 Å². The summed E-state index contributed by atoms with van der Waals surface area (Å²) in [5.41, 5.74) is 1.80. The van der Waals surface area contributed by atoms with E-state index in [2.05, 4.69) is 5.43 Å². The van der Waals surface area contributed by atoms with Gasteiger partial charge in [-0.25, -0.2) is 4.39 Å². The van der Waals surface area contributed by atoms with Gasteiger partial charge in [-0.05, 0) is 12.1 Å². The van der Waals surface area contributed by atoms with Gasteiger partial charge in [0.1, 0.15) is 11.5 Å². The Balaban J connectivity index is 3.21. The minimum absolute atomic E-state index is 0.0846. The van der Waals surface area contributed by atoms with E-state index in [-0.39, 0.29) is 11.4 Å². The van der Waals surface area contributed by atoms with Crippen molar-refractivity contribution in [3.05, 3.63) is 34.1 Å². The highest BCUT2D eigenvalue weighted by molar-refractivity contribution is 5.60. The van der Waals surface area contributed by atoms with Crippen LogP contribution in [0.2, 0.25) is 0 Å². The van der Waals surface area contributed by atoms with Crippen LogP contribution in [-0.2, 0) is 0 Å². The van der Waals surface area contributed by atoms with Crippen molar-refractivity contribution in [2.24, 2.45) is 5.84 Å². The fourth-order valence-corrected chi connectivity index (χ4v) is 0.778. The molecule has 0 atom stereocenters. The van der Waals surface area contributed by atoms with Crippen LogP contribution in [0.25, 0.3) is 0 Å². The van der Waals surface area contributed by atoms with Crippen LogP contribution in [0.15, 0.2) is 18.2 Å². The lowest BCUT2D eigenvalue weighted by Gasteiger charge is -1.99. The number of nitrogen functional groups attached to an aromatic ring is 1. The van der Waals surface area contributed by atoms with Gasteiger partial charge in [0, 0.05) is 0 Å². The highest BCUT2D eigenvalue weighted by Gasteiger charge is 2.13. The third-order valence-electron chi connectivity index (χ3n) is 1.31. The first-order valence-electron chi connectivity index (χ1n) is 3.05. The number of nitro benzene ring substituents is 1. The molecule has 0 fully saturated rings. The lowest BCUT2D eigenvalue weighted by Crippen LogP contribution is -2.09. The average Bonchev–Trinajstić information content (AvgIpc) is 2.04. The molecule has 0 aliphatic heterocycles. The molecule has 0 saturated heterocycles. The topological polar surface area (TPSA) is 81.2 Å². The number of hydrogen-bond donors (Lipinski definition) is 2. The Hall–Kier alpha value is -1.69. The van der Waals surface area contributed by atoms with Crippen molar-refractivity contribution in [1.29, 1.82) is 0 Å². The van der Waals surface area contributed by atoms with Gasteiger partial charge in [-0.15, -0.1) is 0 Å². The van der Waals surface area contributed by atoms with Gasteiger partial charge in [0.25, 0.3) is 5.69 Å². The summed E-state index contributed by atoms with van der Waals surface area (Å²) in [5, 5.41) is 10.3. The molecule has 64 valence electrons. The van der Waals surface area contributed by atoms with E-state index in [1.165, 1.54) is 6.07 Å². The van der Waals surface area contributed by atoms with E-state index in [4.69, 9.17) is 5.84 Å². The molecule has 0 heterocycles. The van der Waals surface area contributed by atoms with Gasteiger partial charge in [-0.1, -0.05) is 0 Å². The van der Waals surface area contributed by atoms with E-state index in [9.17, 15) is 14.5 Å². The highest BCUT2D eigenvalue weighted by atomic mass is 19.1. The smallest absolute Gasteiger partial charge is 0.296 e. The van der Waals surface area contributed by atoms with Crippen molar-refractivity contribution in [3.63, 3.8) is 0 Å². The van der Waals surface area contributed by atoms with Crippen LogP contribution in [0, 0.1) is 15.9 Å². The van der Waals surface area contributed by atoms with E-state index in [0.717, 1.165) is 12.1 Å². The standard InChI is InChI=1S/C6H6FN3O2/c7-4-1-2-5(9-8)6(3-4)10(11)12/h1-3,9H,8H2. The van der Waals surface area contributed by atoms with Crippen molar-refractivity contribution in [3.8, 4) is 0 Å². The second-order valence-electron chi connectivity index (χ2n) is 2.06. The number of benzene rings is 1. The van der Waals surface area contributed by atoms with Gasteiger partial charge >= 0.3 is 0 Å². The number of nitrogens with one attached hydrogen (secondary N) is 1. The van der Waals surface area contributed by atoms with Crippen molar-refractivity contribution in [1.82, 2.24) is 0 Å². The maximum Gasteiger partial charge on any atom is 0.296 e. The fraction of sp³-hybridized carbons (Fsp3) is 0.